The van der Waals surface area contributed by atoms with Gasteiger partial charge in [0.05, 0.1) is 12.0 Å². The van der Waals surface area contributed by atoms with Crippen LogP contribution in [0, 0.1) is 0 Å². The molecule has 3 rings (SSSR count). The first-order valence-electron chi connectivity index (χ1n) is 6.83. The Bertz CT molecular complexity index is 544. The average molecular weight is 257 g/mol. The molecule has 1 aromatic carbocycles. The van der Waals surface area contributed by atoms with Crippen molar-refractivity contribution in [3.05, 3.63) is 47.6 Å². The van der Waals surface area contributed by atoms with Crippen molar-refractivity contribution in [3.8, 4) is 0 Å². The van der Waals surface area contributed by atoms with E-state index >= 15 is 0 Å². The lowest BCUT2D eigenvalue weighted by Crippen LogP contribution is -2.22. The molecule has 0 amide bonds. The number of aromatic nitrogens is 2. The molecule has 0 radical (unpaired) electrons. The normalized spacial score (nSPS) is 16.8. The molecule has 1 heterocycles. The Morgan fingerprint density at radius 2 is 2.00 bits per heavy atom. The fourth-order valence-electron chi connectivity index (χ4n) is 2.34. The first kappa shape index (κ1) is 12.4. The predicted molar refractivity (Wildman–Crippen MR) is 72.7 cm³/mol. The predicted octanol–water partition coefficient (Wildman–Crippen LogP) is 2.65. The second-order valence-electron chi connectivity index (χ2n) is 5.50. The molecule has 0 saturated heterocycles. The number of rotatable bonds is 5. The highest BCUT2D eigenvalue weighted by Crippen LogP contribution is 2.52. The molecule has 1 N–H and O–H groups in total. The molecule has 0 aliphatic heterocycles. The van der Waals surface area contributed by atoms with Gasteiger partial charge in [-0.05, 0) is 18.4 Å². The van der Waals surface area contributed by atoms with Gasteiger partial charge in [-0.25, -0.2) is 0 Å². The quantitative estimate of drug-likeness (QED) is 0.894. The van der Waals surface area contributed by atoms with Gasteiger partial charge in [0.1, 0.15) is 0 Å². The molecular weight excluding hydrogens is 238 g/mol. The number of nitrogens with zero attached hydrogens (tertiary/aromatic N) is 2. The molecule has 4 nitrogen and oxygen atoms in total. The monoisotopic (exact) mass is 257 g/mol. The van der Waals surface area contributed by atoms with Gasteiger partial charge < -0.3 is 9.84 Å². The van der Waals surface area contributed by atoms with Crippen molar-refractivity contribution in [1.29, 1.82) is 0 Å². The summed E-state index contributed by atoms with van der Waals surface area (Å²) in [4.78, 5) is 4.55. The Morgan fingerprint density at radius 3 is 2.63 bits per heavy atom. The summed E-state index contributed by atoms with van der Waals surface area (Å²) in [6, 6.07) is 10.9. The highest BCUT2D eigenvalue weighted by Gasteiger charge is 2.49. The van der Waals surface area contributed by atoms with Gasteiger partial charge in [-0.3, -0.25) is 0 Å². The molecule has 100 valence electrons. The molecule has 1 aliphatic carbocycles. The van der Waals surface area contributed by atoms with Gasteiger partial charge in [0.25, 0.3) is 0 Å². The topological polar surface area (TPSA) is 51.0 Å². The van der Waals surface area contributed by atoms with Gasteiger partial charge in [0, 0.05) is 6.04 Å². The molecule has 1 fully saturated rings. The van der Waals surface area contributed by atoms with Gasteiger partial charge >= 0.3 is 0 Å². The van der Waals surface area contributed by atoms with Gasteiger partial charge in [-0.1, -0.05) is 49.3 Å². The lowest BCUT2D eigenvalue weighted by atomic mass is 9.95. The molecule has 1 aliphatic rings. The lowest BCUT2D eigenvalue weighted by molar-refractivity contribution is 0.355. The van der Waals surface area contributed by atoms with Crippen molar-refractivity contribution < 1.29 is 4.52 Å². The number of hydrogen-bond acceptors (Lipinski definition) is 4. The molecule has 1 aromatic heterocycles. The Balaban J connectivity index is 1.79. The maximum absolute atomic E-state index is 5.34. The van der Waals surface area contributed by atoms with Crippen LogP contribution in [0.1, 0.15) is 44.0 Å². The van der Waals surface area contributed by atoms with Crippen molar-refractivity contribution in [1.82, 2.24) is 15.5 Å². The zero-order valence-electron chi connectivity index (χ0n) is 11.4. The molecule has 1 saturated carbocycles. The first-order valence-corrected chi connectivity index (χ1v) is 6.83. The molecule has 0 bridgehead atoms. The average Bonchev–Trinajstić information content (AvgIpc) is 3.10. The van der Waals surface area contributed by atoms with Crippen LogP contribution in [0.4, 0.5) is 0 Å². The van der Waals surface area contributed by atoms with Crippen LogP contribution in [-0.2, 0) is 12.0 Å². The minimum absolute atomic E-state index is 0.000834. The van der Waals surface area contributed by atoms with E-state index in [0.717, 1.165) is 18.7 Å². The first-order chi connectivity index (χ1) is 9.21. The maximum Gasteiger partial charge on any atom is 0.240 e. The summed E-state index contributed by atoms with van der Waals surface area (Å²) in [5.41, 5.74) is 1.29. The second kappa shape index (κ2) is 4.78. The largest absolute Gasteiger partial charge is 0.338 e. The summed E-state index contributed by atoms with van der Waals surface area (Å²) in [5.74, 6) is 1.50. The molecule has 2 aromatic rings. The van der Waals surface area contributed by atoms with Gasteiger partial charge in [-0.15, -0.1) is 0 Å². The van der Waals surface area contributed by atoms with Gasteiger partial charge in [0.15, 0.2) is 5.82 Å². The zero-order valence-corrected chi connectivity index (χ0v) is 11.4. The fraction of sp³-hybridized carbons (Fsp3) is 0.467. The molecule has 4 heteroatoms. The molecule has 0 spiro atoms. The molecular formula is C15H19N3O. The van der Waals surface area contributed by atoms with Crippen LogP contribution in [0.3, 0.4) is 0 Å². The van der Waals surface area contributed by atoms with E-state index < -0.39 is 0 Å². The SMILES string of the molecule is CC(C)NCc1nc(C2(c3ccccc3)CC2)no1. The van der Waals surface area contributed by atoms with Gasteiger partial charge in [-0.2, -0.15) is 4.98 Å². The van der Waals surface area contributed by atoms with Crippen molar-refractivity contribution in [2.24, 2.45) is 0 Å². The smallest absolute Gasteiger partial charge is 0.240 e. The van der Waals surface area contributed by atoms with Crippen LogP contribution in [0.15, 0.2) is 34.9 Å². The van der Waals surface area contributed by atoms with Crippen molar-refractivity contribution in [3.63, 3.8) is 0 Å². The van der Waals surface area contributed by atoms with Crippen LogP contribution >= 0.6 is 0 Å². The Labute approximate surface area is 113 Å². The summed E-state index contributed by atoms with van der Waals surface area (Å²) in [6.07, 6.45) is 2.21. The summed E-state index contributed by atoms with van der Waals surface area (Å²) < 4.78 is 5.34. The molecule has 0 atom stereocenters. The third kappa shape index (κ3) is 2.40. The van der Waals surface area contributed by atoms with E-state index in [2.05, 4.69) is 53.6 Å². The molecule has 19 heavy (non-hydrogen) atoms. The zero-order chi connectivity index (χ0) is 13.3. The highest BCUT2D eigenvalue weighted by molar-refractivity contribution is 5.38. The van der Waals surface area contributed by atoms with Crippen LogP contribution in [0.2, 0.25) is 0 Å². The number of hydrogen-bond donors (Lipinski definition) is 1. The van der Waals surface area contributed by atoms with E-state index in [1.54, 1.807) is 0 Å². The fourth-order valence-corrected chi connectivity index (χ4v) is 2.34. The van der Waals surface area contributed by atoms with E-state index in [1.165, 1.54) is 5.56 Å². The van der Waals surface area contributed by atoms with Crippen molar-refractivity contribution in [2.45, 2.75) is 44.7 Å². The van der Waals surface area contributed by atoms with E-state index in [1.807, 2.05) is 6.07 Å². The summed E-state index contributed by atoms with van der Waals surface area (Å²) >= 11 is 0. The highest BCUT2D eigenvalue weighted by atomic mass is 16.5. The lowest BCUT2D eigenvalue weighted by Gasteiger charge is -2.10. The maximum atomic E-state index is 5.34. The van der Waals surface area contributed by atoms with E-state index in [4.69, 9.17) is 4.52 Å². The van der Waals surface area contributed by atoms with Crippen LogP contribution in [0.5, 0.6) is 0 Å². The molecule has 0 unspecified atom stereocenters. The van der Waals surface area contributed by atoms with E-state index in [0.29, 0.717) is 18.5 Å². The Hall–Kier alpha value is -1.68. The van der Waals surface area contributed by atoms with Crippen molar-refractivity contribution >= 4 is 0 Å². The summed E-state index contributed by atoms with van der Waals surface area (Å²) in [6.45, 7) is 4.84. The second-order valence-corrected chi connectivity index (χ2v) is 5.50. The minimum atomic E-state index is 0.000834. The number of benzene rings is 1. The summed E-state index contributed by atoms with van der Waals surface area (Å²) in [5, 5.41) is 7.47. The van der Waals surface area contributed by atoms with Gasteiger partial charge in [0.2, 0.25) is 5.89 Å². The summed E-state index contributed by atoms with van der Waals surface area (Å²) in [7, 11) is 0. The van der Waals surface area contributed by atoms with Crippen molar-refractivity contribution in [2.75, 3.05) is 0 Å². The number of nitrogens with one attached hydrogen (secondary N) is 1. The minimum Gasteiger partial charge on any atom is -0.338 e. The van der Waals surface area contributed by atoms with E-state index in [-0.39, 0.29) is 5.41 Å². The van der Waals surface area contributed by atoms with Crippen LogP contribution in [-0.4, -0.2) is 16.2 Å². The van der Waals surface area contributed by atoms with Crippen LogP contribution < -0.4 is 5.32 Å². The van der Waals surface area contributed by atoms with Crippen LogP contribution in [0.25, 0.3) is 0 Å². The Morgan fingerprint density at radius 1 is 1.26 bits per heavy atom. The Kier molecular flexibility index (Phi) is 3.11. The third-order valence-electron chi connectivity index (χ3n) is 3.63. The standard InChI is InChI=1S/C15H19N3O/c1-11(2)16-10-13-17-14(18-19-13)15(8-9-15)12-6-4-3-5-7-12/h3-7,11,16H,8-10H2,1-2H3. The van der Waals surface area contributed by atoms with E-state index in [9.17, 15) is 0 Å². The third-order valence-corrected chi connectivity index (χ3v) is 3.63.